The average molecular weight is 355 g/mol. The first kappa shape index (κ1) is 17.0. The molecule has 2 fully saturated rings. The van der Waals surface area contributed by atoms with Crippen LogP contribution in [0.1, 0.15) is 42.1 Å². The summed E-state index contributed by atoms with van der Waals surface area (Å²) in [7, 11) is -3.51. The van der Waals surface area contributed by atoms with E-state index in [9.17, 15) is 23.1 Å². The van der Waals surface area contributed by atoms with Gasteiger partial charge in [-0.1, -0.05) is 13.8 Å². The largest absolute Gasteiger partial charge is 0.481 e. The molecule has 0 aromatic carbocycles. The number of hydrogen-bond donors (Lipinski definition) is 1. The molecule has 1 atom stereocenters. The molecule has 1 aromatic heterocycles. The molecule has 0 radical (unpaired) electrons. The summed E-state index contributed by atoms with van der Waals surface area (Å²) in [4.78, 5) is 25.3. The second-order valence-electron chi connectivity index (χ2n) is 6.49. The van der Waals surface area contributed by atoms with Gasteiger partial charge >= 0.3 is 5.97 Å². The highest BCUT2D eigenvalue weighted by Crippen LogP contribution is 2.45. The molecule has 0 aliphatic carbocycles. The SMILES string of the molecule is CCc1cc(C(=O)N2CC3(C2)C(C(=O)O)CCS3(=O)=O)oc1CC. The zero-order chi connectivity index (χ0) is 17.7. The Kier molecular flexibility index (Phi) is 3.98. The molecule has 0 saturated carbocycles. The number of carbonyl (C=O) groups excluding carboxylic acids is 1. The van der Waals surface area contributed by atoms with Gasteiger partial charge in [-0.25, -0.2) is 8.42 Å². The van der Waals surface area contributed by atoms with Crippen molar-refractivity contribution in [3.05, 3.63) is 23.2 Å². The van der Waals surface area contributed by atoms with Crippen LogP contribution in [-0.4, -0.2) is 53.9 Å². The average Bonchev–Trinajstić information content (AvgIpc) is 3.02. The molecule has 1 unspecified atom stereocenters. The zero-order valence-electron chi connectivity index (χ0n) is 13.7. The van der Waals surface area contributed by atoms with Crippen LogP contribution in [0.5, 0.6) is 0 Å². The first-order valence-electron chi connectivity index (χ1n) is 8.11. The van der Waals surface area contributed by atoms with E-state index in [2.05, 4.69) is 0 Å². The van der Waals surface area contributed by atoms with Crippen molar-refractivity contribution in [1.82, 2.24) is 4.90 Å². The molecular formula is C16H21NO6S. The molecule has 132 valence electrons. The molecule has 1 amide bonds. The van der Waals surface area contributed by atoms with E-state index in [1.807, 2.05) is 13.8 Å². The number of rotatable bonds is 4. The molecule has 3 rings (SSSR count). The fourth-order valence-electron chi connectivity index (χ4n) is 3.79. The van der Waals surface area contributed by atoms with Gasteiger partial charge in [0.2, 0.25) is 0 Å². The minimum Gasteiger partial charge on any atom is -0.481 e. The number of likely N-dealkylation sites (tertiary alicyclic amines) is 1. The fraction of sp³-hybridized carbons (Fsp3) is 0.625. The summed E-state index contributed by atoms with van der Waals surface area (Å²) < 4.78 is 28.9. The number of sulfone groups is 1. The lowest BCUT2D eigenvalue weighted by molar-refractivity contribution is -0.144. The number of aliphatic carboxylic acids is 1. The molecule has 1 N–H and O–H groups in total. The lowest BCUT2D eigenvalue weighted by atomic mass is 9.83. The van der Waals surface area contributed by atoms with Crippen molar-refractivity contribution in [2.24, 2.45) is 5.92 Å². The van der Waals surface area contributed by atoms with Gasteiger partial charge in [0, 0.05) is 19.5 Å². The van der Waals surface area contributed by atoms with E-state index in [1.165, 1.54) is 4.90 Å². The Morgan fingerprint density at radius 2 is 2.00 bits per heavy atom. The van der Waals surface area contributed by atoms with Gasteiger partial charge in [-0.3, -0.25) is 9.59 Å². The van der Waals surface area contributed by atoms with Crippen molar-refractivity contribution in [3.8, 4) is 0 Å². The van der Waals surface area contributed by atoms with Crippen LogP contribution in [-0.2, 0) is 27.5 Å². The number of nitrogens with zero attached hydrogens (tertiary/aromatic N) is 1. The summed E-state index contributed by atoms with van der Waals surface area (Å²) in [5.41, 5.74) is 0.966. The predicted octanol–water partition coefficient (Wildman–Crippen LogP) is 1.12. The van der Waals surface area contributed by atoms with Crippen LogP contribution in [0, 0.1) is 5.92 Å². The van der Waals surface area contributed by atoms with Crippen molar-refractivity contribution in [1.29, 1.82) is 0 Å². The Balaban J connectivity index is 1.81. The number of hydrogen-bond acceptors (Lipinski definition) is 5. The molecule has 2 saturated heterocycles. The quantitative estimate of drug-likeness (QED) is 0.868. The van der Waals surface area contributed by atoms with Crippen molar-refractivity contribution >= 4 is 21.7 Å². The summed E-state index contributed by atoms with van der Waals surface area (Å²) in [5.74, 6) is -1.61. The van der Waals surface area contributed by atoms with Gasteiger partial charge in [0.05, 0.1) is 11.7 Å². The first-order chi connectivity index (χ1) is 11.3. The smallest absolute Gasteiger partial charge is 0.308 e. The van der Waals surface area contributed by atoms with Crippen LogP contribution < -0.4 is 0 Å². The molecule has 0 bridgehead atoms. The van der Waals surface area contributed by atoms with Gasteiger partial charge < -0.3 is 14.4 Å². The van der Waals surface area contributed by atoms with E-state index >= 15 is 0 Å². The van der Waals surface area contributed by atoms with Gasteiger partial charge in [-0.2, -0.15) is 0 Å². The van der Waals surface area contributed by atoms with Crippen LogP contribution in [0.4, 0.5) is 0 Å². The van der Waals surface area contributed by atoms with Gasteiger partial charge in [0.15, 0.2) is 15.6 Å². The summed E-state index contributed by atoms with van der Waals surface area (Å²) in [6, 6.07) is 1.70. The maximum atomic E-state index is 12.5. The third kappa shape index (κ3) is 2.27. The minimum atomic E-state index is -3.51. The number of carboxylic acid groups (broad SMARTS) is 1. The first-order valence-corrected chi connectivity index (χ1v) is 9.77. The highest BCUT2D eigenvalue weighted by Gasteiger charge is 2.65. The topological polar surface area (TPSA) is 105 Å². The third-order valence-electron chi connectivity index (χ3n) is 5.24. The van der Waals surface area contributed by atoms with E-state index in [-0.39, 0.29) is 36.9 Å². The van der Waals surface area contributed by atoms with Crippen molar-refractivity contribution < 1.29 is 27.5 Å². The Morgan fingerprint density at radius 3 is 2.50 bits per heavy atom. The van der Waals surface area contributed by atoms with E-state index in [0.29, 0.717) is 6.42 Å². The maximum Gasteiger partial charge on any atom is 0.308 e. The van der Waals surface area contributed by atoms with Crippen LogP contribution in [0.3, 0.4) is 0 Å². The summed E-state index contributed by atoms with van der Waals surface area (Å²) in [5, 5.41) is 9.31. The molecule has 8 heteroatoms. The molecule has 1 spiro atoms. The lowest BCUT2D eigenvalue weighted by Gasteiger charge is -2.48. The van der Waals surface area contributed by atoms with Gasteiger partial charge in [0.1, 0.15) is 10.5 Å². The Labute approximate surface area is 140 Å². The standard InChI is InChI=1S/C16H21NO6S/c1-3-10-7-13(23-12(10)4-2)14(18)17-8-16(9-17)11(15(19)20)5-6-24(16,21)22/h7,11H,3-6,8-9H2,1-2H3,(H,19,20). The number of amides is 1. The van der Waals surface area contributed by atoms with Crippen LogP contribution >= 0.6 is 0 Å². The van der Waals surface area contributed by atoms with Crippen LogP contribution in [0.2, 0.25) is 0 Å². The number of furan rings is 1. The molecule has 2 aliphatic rings. The second kappa shape index (κ2) is 5.61. The Bertz CT molecular complexity index is 766. The number of aryl methyl sites for hydroxylation is 2. The number of carbonyl (C=O) groups is 2. The minimum absolute atomic E-state index is 0.0747. The highest BCUT2D eigenvalue weighted by atomic mass is 32.2. The van der Waals surface area contributed by atoms with Crippen LogP contribution in [0.15, 0.2) is 10.5 Å². The normalized spacial score (nSPS) is 24.1. The fourth-order valence-corrected chi connectivity index (χ4v) is 6.10. The third-order valence-corrected chi connectivity index (χ3v) is 7.80. The van der Waals surface area contributed by atoms with Crippen molar-refractivity contribution in [2.45, 2.75) is 37.9 Å². The molecule has 1 aromatic rings. The van der Waals surface area contributed by atoms with E-state index in [1.54, 1.807) is 6.07 Å². The summed E-state index contributed by atoms with van der Waals surface area (Å²) in [6.07, 6.45) is 1.54. The lowest BCUT2D eigenvalue weighted by Crippen LogP contribution is -2.69. The summed E-state index contributed by atoms with van der Waals surface area (Å²) in [6.45, 7) is 3.76. The molecule has 7 nitrogen and oxygen atoms in total. The van der Waals surface area contributed by atoms with Gasteiger partial charge in [0.25, 0.3) is 5.91 Å². The van der Waals surface area contributed by atoms with Crippen molar-refractivity contribution in [2.75, 3.05) is 18.8 Å². The second-order valence-corrected chi connectivity index (χ2v) is 8.94. The van der Waals surface area contributed by atoms with Gasteiger partial charge in [-0.15, -0.1) is 0 Å². The monoisotopic (exact) mass is 355 g/mol. The summed E-state index contributed by atoms with van der Waals surface area (Å²) >= 11 is 0. The molecule has 2 aliphatic heterocycles. The molecule has 3 heterocycles. The maximum absolute atomic E-state index is 12.5. The Morgan fingerprint density at radius 1 is 1.33 bits per heavy atom. The molecule has 24 heavy (non-hydrogen) atoms. The van der Waals surface area contributed by atoms with E-state index in [0.717, 1.165) is 17.7 Å². The van der Waals surface area contributed by atoms with Crippen molar-refractivity contribution in [3.63, 3.8) is 0 Å². The predicted molar refractivity (Wildman–Crippen MR) is 85.6 cm³/mol. The Hall–Kier alpha value is -1.83. The van der Waals surface area contributed by atoms with Gasteiger partial charge in [-0.05, 0) is 24.5 Å². The van der Waals surface area contributed by atoms with E-state index in [4.69, 9.17) is 4.42 Å². The zero-order valence-corrected chi connectivity index (χ0v) is 14.6. The molecular weight excluding hydrogens is 334 g/mol. The van der Waals surface area contributed by atoms with Crippen LogP contribution in [0.25, 0.3) is 0 Å². The van der Waals surface area contributed by atoms with E-state index < -0.39 is 26.5 Å². The number of carboxylic acids is 1. The highest BCUT2D eigenvalue weighted by molar-refractivity contribution is 7.93.